The molecule has 0 radical (unpaired) electrons. The van der Waals surface area contributed by atoms with Gasteiger partial charge in [0.05, 0.1) is 20.1 Å². The van der Waals surface area contributed by atoms with Gasteiger partial charge >= 0.3 is 0 Å². The van der Waals surface area contributed by atoms with Crippen LogP contribution >= 0.6 is 0 Å². The van der Waals surface area contributed by atoms with Gasteiger partial charge in [-0.05, 0) is 19.8 Å². The van der Waals surface area contributed by atoms with E-state index in [9.17, 15) is 9.90 Å². The Balaban J connectivity index is 3.24. The molecule has 1 amide bonds. The highest BCUT2D eigenvalue weighted by Crippen LogP contribution is 2.14. The summed E-state index contributed by atoms with van der Waals surface area (Å²) in [5, 5.41) is 11.1. The van der Waals surface area contributed by atoms with Crippen LogP contribution in [0.4, 0.5) is 4.79 Å². The average molecular weight is 342 g/mol. The van der Waals surface area contributed by atoms with Crippen LogP contribution in [0.25, 0.3) is 0 Å². The zero-order chi connectivity index (χ0) is 18.1. The van der Waals surface area contributed by atoms with E-state index in [1.54, 1.807) is 7.05 Å². The van der Waals surface area contributed by atoms with Crippen LogP contribution < -0.4 is 5.11 Å². The fourth-order valence-electron chi connectivity index (χ4n) is 3.21. The lowest BCUT2D eigenvalue weighted by Gasteiger charge is -2.32. The molecule has 0 aliphatic carbocycles. The highest BCUT2D eigenvalue weighted by atomic mass is 16.4. The largest absolute Gasteiger partial charge is 0.498 e. The minimum atomic E-state index is -0.942. The van der Waals surface area contributed by atoms with E-state index in [1.165, 1.54) is 83.5 Å². The molecule has 3 nitrogen and oxygen atoms in total. The Morgan fingerprint density at radius 2 is 1.00 bits per heavy atom. The Labute approximate surface area is 151 Å². The van der Waals surface area contributed by atoms with Crippen LogP contribution in [0.1, 0.15) is 110 Å². The first kappa shape index (κ1) is 23.4. The molecule has 1 atom stereocenters. The van der Waals surface area contributed by atoms with Crippen LogP contribution in [0, 0.1) is 0 Å². The highest BCUT2D eigenvalue weighted by molar-refractivity contribution is 5.53. The van der Waals surface area contributed by atoms with Gasteiger partial charge in [0.2, 0.25) is 0 Å². The predicted molar refractivity (Wildman–Crippen MR) is 102 cm³/mol. The highest BCUT2D eigenvalue weighted by Gasteiger charge is 2.20. The molecule has 0 spiro atoms. The molecule has 144 valence electrons. The number of hydrogen-bond donors (Lipinski definition) is 0. The summed E-state index contributed by atoms with van der Waals surface area (Å²) in [6, 6.07) is 0. The zero-order valence-electron chi connectivity index (χ0n) is 16.8. The summed E-state index contributed by atoms with van der Waals surface area (Å²) in [5.41, 5.74) is 0. The topological polar surface area (TPSA) is 40.1 Å². The number of quaternary nitrogens is 1. The Morgan fingerprint density at radius 3 is 1.29 bits per heavy atom. The number of rotatable bonds is 17. The molecule has 0 bridgehead atoms. The Morgan fingerprint density at radius 1 is 0.667 bits per heavy atom. The number of amides is 1. The van der Waals surface area contributed by atoms with Crippen molar-refractivity contribution in [2.75, 3.05) is 20.1 Å². The summed E-state index contributed by atoms with van der Waals surface area (Å²) in [6.45, 7) is 5.51. The molecule has 0 aliphatic heterocycles. The first-order valence-electron chi connectivity index (χ1n) is 10.6. The van der Waals surface area contributed by atoms with Crippen LogP contribution in [0.15, 0.2) is 0 Å². The summed E-state index contributed by atoms with van der Waals surface area (Å²) in [5.74, 6) is 0. The van der Waals surface area contributed by atoms with Gasteiger partial charge in [-0.1, -0.05) is 90.4 Å². The van der Waals surface area contributed by atoms with Crippen molar-refractivity contribution in [3.8, 4) is 0 Å². The molecule has 1 unspecified atom stereocenters. The van der Waals surface area contributed by atoms with Gasteiger partial charge in [-0.3, -0.25) is 4.48 Å². The van der Waals surface area contributed by atoms with Crippen molar-refractivity contribution in [2.24, 2.45) is 0 Å². The number of carbonyl (C=O) groups excluding carboxylic acids is 1. The average Bonchev–Trinajstić information content (AvgIpc) is 2.57. The van der Waals surface area contributed by atoms with Gasteiger partial charge in [-0.15, -0.1) is 0 Å². The standard InChI is InChI=1S/C21H43NO2/c1-4-6-7-8-9-10-11-12-13-14-15-16-17-18-19-20-22(3,5-2)21(23)24/h4-20H2,1-3H3. The lowest BCUT2D eigenvalue weighted by atomic mass is 10.0. The molecule has 0 saturated carbocycles. The molecule has 0 fully saturated rings. The normalized spacial score (nSPS) is 13.8. The molecule has 0 aromatic rings. The molecular formula is C21H43NO2. The second-order valence-corrected chi connectivity index (χ2v) is 7.65. The number of nitrogens with zero attached hydrogens (tertiary/aromatic N) is 1. The SMILES string of the molecule is CCCCCCCCCCCCCCCCC[N+](C)(CC)C(=O)[O-]. The van der Waals surface area contributed by atoms with Crippen molar-refractivity contribution >= 4 is 6.09 Å². The van der Waals surface area contributed by atoms with Crippen LogP contribution in [0.5, 0.6) is 0 Å². The van der Waals surface area contributed by atoms with Crippen molar-refractivity contribution in [1.82, 2.24) is 0 Å². The number of hydrogen-bond acceptors (Lipinski definition) is 2. The lowest BCUT2D eigenvalue weighted by molar-refractivity contribution is -0.855. The molecule has 0 aromatic heterocycles. The second-order valence-electron chi connectivity index (χ2n) is 7.65. The van der Waals surface area contributed by atoms with E-state index in [-0.39, 0.29) is 4.48 Å². The van der Waals surface area contributed by atoms with Crippen molar-refractivity contribution in [2.45, 2.75) is 110 Å². The Hall–Kier alpha value is -0.570. The second kappa shape index (κ2) is 15.9. The van der Waals surface area contributed by atoms with E-state index < -0.39 is 6.09 Å². The quantitative estimate of drug-likeness (QED) is 0.253. The van der Waals surface area contributed by atoms with E-state index >= 15 is 0 Å². The molecular weight excluding hydrogens is 298 g/mol. The number of unbranched alkanes of at least 4 members (excludes halogenated alkanes) is 14. The maximum atomic E-state index is 11.1. The molecule has 0 aliphatic rings. The van der Waals surface area contributed by atoms with E-state index in [1.807, 2.05) is 6.92 Å². The first-order chi connectivity index (χ1) is 11.6. The van der Waals surface area contributed by atoms with E-state index in [0.717, 1.165) is 12.8 Å². The van der Waals surface area contributed by atoms with Crippen molar-refractivity contribution < 1.29 is 14.4 Å². The summed E-state index contributed by atoms with van der Waals surface area (Å²) in [4.78, 5) is 11.1. The van der Waals surface area contributed by atoms with Crippen molar-refractivity contribution in [1.29, 1.82) is 0 Å². The molecule has 0 aromatic carbocycles. The molecule has 3 heteroatoms. The van der Waals surface area contributed by atoms with Gasteiger partial charge in [0.15, 0.2) is 0 Å². The maximum Gasteiger partial charge on any atom is 0.257 e. The predicted octanol–water partition coefficient (Wildman–Crippen LogP) is 5.67. The van der Waals surface area contributed by atoms with Gasteiger partial charge in [0.1, 0.15) is 0 Å². The molecule has 0 saturated heterocycles. The summed E-state index contributed by atoms with van der Waals surface area (Å²) >= 11 is 0. The molecule has 24 heavy (non-hydrogen) atoms. The van der Waals surface area contributed by atoms with Crippen molar-refractivity contribution in [3.63, 3.8) is 0 Å². The number of carboxylic acid groups (broad SMARTS) is 1. The van der Waals surface area contributed by atoms with Gasteiger partial charge in [0.25, 0.3) is 6.09 Å². The third-order valence-corrected chi connectivity index (χ3v) is 5.39. The fourth-order valence-corrected chi connectivity index (χ4v) is 3.21. The van der Waals surface area contributed by atoms with Crippen LogP contribution in [0.3, 0.4) is 0 Å². The molecule has 0 N–H and O–H groups in total. The minimum absolute atomic E-state index is 0.0540. The van der Waals surface area contributed by atoms with Crippen molar-refractivity contribution in [3.05, 3.63) is 0 Å². The van der Waals surface area contributed by atoms with Gasteiger partial charge in [-0.25, -0.2) is 0 Å². The van der Waals surface area contributed by atoms with Crippen LogP contribution in [-0.4, -0.2) is 30.7 Å². The smallest absolute Gasteiger partial charge is 0.257 e. The monoisotopic (exact) mass is 341 g/mol. The van der Waals surface area contributed by atoms with E-state index in [2.05, 4.69) is 6.92 Å². The third kappa shape index (κ3) is 12.8. The molecule has 0 rings (SSSR count). The summed E-state index contributed by atoms with van der Waals surface area (Å²) < 4.78 is 0.0540. The Kier molecular flexibility index (Phi) is 15.6. The van der Waals surface area contributed by atoms with Gasteiger partial charge in [0, 0.05) is 0 Å². The lowest BCUT2D eigenvalue weighted by Crippen LogP contribution is -2.56. The first-order valence-corrected chi connectivity index (χ1v) is 10.6. The zero-order valence-corrected chi connectivity index (χ0v) is 16.8. The van der Waals surface area contributed by atoms with Crippen LogP contribution in [-0.2, 0) is 0 Å². The fraction of sp³-hybridized carbons (Fsp3) is 0.952. The summed E-state index contributed by atoms with van der Waals surface area (Å²) in [7, 11) is 1.76. The van der Waals surface area contributed by atoms with E-state index in [0.29, 0.717) is 13.1 Å². The van der Waals surface area contributed by atoms with Crippen LogP contribution in [0.2, 0.25) is 0 Å². The van der Waals surface area contributed by atoms with Gasteiger partial charge in [-0.2, -0.15) is 0 Å². The van der Waals surface area contributed by atoms with Gasteiger partial charge < -0.3 is 9.90 Å². The Bertz CT molecular complexity index is 294. The summed E-state index contributed by atoms with van der Waals surface area (Å²) in [6.07, 6.45) is 19.2. The molecule has 0 heterocycles. The van der Waals surface area contributed by atoms with E-state index in [4.69, 9.17) is 0 Å². The third-order valence-electron chi connectivity index (χ3n) is 5.39. The number of carbonyl (C=O) groups is 1. The maximum absolute atomic E-state index is 11.1. The minimum Gasteiger partial charge on any atom is -0.498 e.